The molecular weight excluding hydrogens is 340 g/mol. The Hall–Kier alpha value is -1.65. The van der Waals surface area contributed by atoms with Gasteiger partial charge in [-0.25, -0.2) is 22.5 Å². The molecular formula is C13H20N4O4S2. The second-order valence-corrected chi connectivity index (χ2v) is 8.57. The molecule has 8 nitrogen and oxygen atoms in total. The molecule has 0 radical (unpaired) electrons. The number of nitrogens with two attached hydrogens (primary N) is 1. The number of aromatic nitrogens is 1. The highest BCUT2D eigenvalue weighted by Gasteiger charge is 2.25. The van der Waals surface area contributed by atoms with Crippen LogP contribution in [0.4, 0.5) is 4.79 Å². The number of urea groups is 1. The van der Waals surface area contributed by atoms with E-state index in [0.29, 0.717) is 5.03 Å². The van der Waals surface area contributed by atoms with E-state index in [1.165, 1.54) is 32.4 Å². The molecule has 0 saturated carbocycles. The maximum absolute atomic E-state index is 12.0. The summed E-state index contributed by atoms with van der Waals surface area (Å²) in [4.78, 5) is 26.9. The molecule has 0 spiro atoms. The molecule has 0 aromatic carbocycles. The highest BCUT2D eigenvalue weighted by Crippen LogP contribution is 2.27. The quantitative estimate of drug-likeness (QED) is 0.718. The van der Waals surface area contributed by atoms with Crippen LogP contribution < -0.4 is 11.1 Å². The van der Waals surface area contributed by atoms with Gasteiger partial charge in [0.2, 0.25) is 15.9 Å². The summed E-state index contributed by atoms with van der Waals surface area (Å²) in [7, 11) is -0.687. The molecule has 0 fully saturated rings. The predicted molar refractivity (Wildman–Crippen MR) is 87.3 cm³/mol. The average molecular weight is 360 g/mol. The summed E-state index contributed by atoms with van der Waals surface area (Å²) in [5.41, 5.74) is 4.95. The van der Waals surface area contributed by atoms with Gasteiger partial charge in [0.05, 0.1) is 10.3 Å². The molecule has 0 aliphatic rings. The van der Waals surface area contributed by atoms with Gasteiger partial charge in [0.1, 0.15) is 4.90 Å². The highest BCUT2D eigenvalue weighted by atomic mass is 32.2. The van der Waals surface area contributed by atoms with Crippen molar-refractivity contribution < 1.29 is 18.0 Å². The van der Waals surface area contributed by atoms with E-state index in [9.17, 15) is 18.0 Å². The molecule has 1 aromatic rings. The Balaban J connectivity index is 2.95. The van der Waals surface area contributed by atoms with Gasteiger partial charge in [0.15, 0.2) is 0 Å². The topological polar surface area (TPSA) is 122 Å². The Morgan fingerprint density at radius 1 is 1.30 bits per heavy atom. The maximum Gasteiger partial charge on any atom is 0.318 e. The van der Waals surface area contributed by atoms with Crippen LogP contribution in [0.3, 0.4) is 0 Å². The number of carbonyl (C=O) groups excluding carboxylic acids is 2. The number of nitrogens with one attached hydrogen (secondary N) is 1. The van der Waals surface area contributed by atoms with Gasteiger partial charge in [-0.3, -0.25) is 10.1 Å². The van der Waals surface area contributed by atoms with Gasteiger partial charge in [0.25, 0.3) is 0 Å². The van der Waals surface area contributed by atoms with Crippen LogP contribution in [0, 0.1) is 5.92 Å². The summed E-state index contributed by atoms with van der Waals surface area (Å²) in [6, 6.07) is 2.03. The zero-order chi connectivity index (χ0) is 17.8. The largest absolute Gasteiger partial charge is 0.351 e. The maximum atomic E-state index is 12.0. The van der Waals surface area contributed by atoms with Crippen molar-refractivity contribution in [2.24, 2.45) is 11.7 Å². The molecule has 1 heterocycles. The van der Waals surface area contributed by atoms with E-state index in [4.69, 9.17) is 5.73 Å². The molecule has 0 saturated heterocycles. The fourth-order valence-electron chi connectivity index (χ4n) is 1.61. The zero-order valence-electron chi connectivity index (χ0n) is 13.3. The fourth-order valence-corrected chi connectivity index (χ4v) is 3.42. The van der Waals surface area contributed by atoms with E-state index < -0.39 is 27.2 Å². The zero-order valence-corrected chi connectivity index (χ0v) is 14.9. The number of sulfonamides is 1. The minimum atomic E-state index is -3.55. The van der Waals surface area contributed by atoms with Gasteiger partial charge < -0.3 is 5.73 Å². The number of rotatable bonds is 6. The van der Waals surface area contributed by atoms with Crippen molar-refractivity contribution in [2.45, 2.75) is 29.0 Å². The van der Waals surface area contributed by atoms with Gasteiger partial charge >= 0.3 is 6.03 Å². The normalized spacial score (nSPS) is 13.1. The minimum Gasteiger partial charge on any atom is -0.351 e. The first-order valence-corrected chi connectivity index (χ1v) is 9.03. The second-order valence-electron chi connectivity index (χ2n) is 5.26. The van der Waals surface area contributed by atoms with E-state index in [2.05, 4.69) is 4.98 Å². The van der Waals surface area contributed by atoms with E-state index in [1.807, 2.05) is 19.2 Å². The van der Waals surface area contributed by atoms with Crippen LogP contribution in [0.2, 0.25) is 0 Å². The lowest BCUT2D eigenvalue weighted by atomic mass is 10.1. The first-order valence-electron chi connectivity index (χ1n) is 6.71. The monoisotopic (exact) mass is 360 g/mol. The number of carbonyl (C=O) groups is 2. The molecule has 0 aliphatic carbocycles. The molecule has 0 bridgehead atoms. The van der Waals surface area contributed by atoms with Crippen molar-refractivity contribution in [1.82, 2.24) is 14.6 Å². The Morgan fingerprint density at radius 3 is 2.30 bits per heavy atom. The van der Waals surface area contributed by atoms with E-state index >= 15 is 0 Å². The number of pyridine rings is 1. The standard InChI is InChI=1S/C13H20N4O4S2/c1-8(2)11(12(18)16-13(14)19)22-10-6-5-9(7-15-10)23(20,21)17(3)4/h5-8,11H,1-4H3,(H3,14,16,18,19)/t11-/m1/s1. The lowest BCUT2D eigenvalue weighted by molar-refractivity contribution is -0.120. The summed E-state index contributed by atoms with van der Waals surface area (Å²) >= 11 is 1.14. The molecule has 1 aromatic heterocycles. The fraction of sp³-hybridized carbons (Fsp3) is 0.462. The first kappa shape index (κ1) is 19.4. The van der Waals surface area contributed by atoms with Crippen LogP contribution in [0.1, 0.15) is 13.8 Å². The van der Waals surface area contributed by atoms with Gasteiger partial charge in [-0.15, -0.1) is 0 Å². The molecule has 128 valence electrons. The van der Waals surface area contributed by atoms with Crippen molar-refractivity contribution in [3.63, 3.8) is 0 Å². The molecule has 0 unspecified atom stereocenters. The number of thioether (sulfide) groups is 1. The Kier molecular flexibility index (Phi) is 6.54. The SMILES string of the molecule is CC(C)[C@@H](Sc1ccc(S(=O)(=O)N(C)C)cn1)C(=O)NC(N)=O. The average Bonchev–Trinajstić information content (AvgIpc) is 2.43. The van der Waals surface area contributed by atoms with Gasteiger partial charge in [-0.2, -0.15) is 0 Å². The molecule has 23 heavy (non-hydrogen) atoms. The van der Waals surface area contributed by atoms with E-state index in [1.54, 1.807) is 0 Å². The number of amides is 3. The van der Waals surface area contributed by atoms with Crippen molar-refractivity contribution in [1.29, 1.82) is 0 Å². The van der Waals surface area contributed by atoms with Crippen molar-refractivity contribution in [3.8, 4) is 0 Å². The summed E-state index contributed by atoms with van der Waals surface area (Å²) in [6.07, 6.45) is 1.24. The third kappa shape index (κ3) is 5.19. The summed E-state index contributed by atoms with van der Waals surface area (Å²) in [6.45, 7) is 3.65. The van der Waals surface area contributed by atoms with Crippen LogP contribution in [0.5, 0.6) is 0 Å². The molecule has 10 heteroatoms. The van der Waals surface area contributed by atoms with Gasteiger partial charge in [-0.1, -0.05) is 25.6 Å². The lowest BCUT2D eigenvalue weighted by Gasteiger charge is -2.18. The van der Waals surface area contributed by atoms with Crippen molar-refractivity contribution in [3.05, 3.63) is 18.3 Å². The molecule has 1 atom stereocenters. The summed E-state index contributed by atoms with van der Waals surface area (Å²) in [5.74, 6) is -0.587. The minimum absolute atomic E-state index is 0.0644. The Morgan fingerprint density at radius 2 is 1.91 bits per heavy atom. The van der Waals surface area contributed by atoms with Crippen molar-refractivity contribution >= 4 is 33.7 Å². The number of hydrogen-bond acceptors (Lipinski definition) is 6. The van der Waals surface area contributed by atoms with Crippen molar-refractivity contribution in [2.75, 3.05) is 14.1 Å². The second kappa shape index (κ2) is 7.75. The molecule has 3 amide bonds. The predicted octanol–water partition coefficient (Wildman–Crippen LogP) is 0.643. The van der Waals surface area contributed by atoms with E-state index in [-0.39, 0.29) is 10.8 Å². The highest BCUT2D eigenvalue weighted by molar-refractivity contribution is 8.00. The number of imide groups is 1. The molecule has 3 N–H and O–H groups in total. The van der Waals surface area contributed by atoms with Crippen LogP contribution >= 0.6 is 11.8 Å². The first-order chi connectivity index (χ1) is 10.6. The Bertz CT molecular complexity index is 672. The number of hydrogen-bond donors (Lipinski definition) is 2. The third-order valence-electron chi connectivity index (χ3n) is 2.85. The number of nitrogens with zero attached hydrogens (tertiary/aromatic N) is 2. The van der Waals surface area contributed by atoms with Gasteiger partial charge in [-0.05, 0) is 18.1 Å². The van der Waals surface area contributed by atoms with Crippen LogP contribution in [0.15, 0.2) is 28.3 Å². The number of primary amides is 1. The smallest absolute Gasteiger partial charge is 0.318 e. The molecule has 1 rings (SSSR count). The van der Waals surface area contributed by atoms with Crippen LogP contribution in [-0.2, 0) is 14.8 Å². The summed E-state index contributed by atoms with van der Waals surface area (Å²) < 4.78 is 25.0. The van der Waals surface area contributed by atoms with Crippen LogP contribution in [-0.4, -0.2) is 49.0 Å². The third-order valence-corrected chi connectivity index (χ3v) is 6.14. The lowest BCUT2D eigenvalue weighted by Crippen LogP contribution is -2.42. The van der Waals surface area contributed by atoms with Crippen LogP contribution in [0.25, 0.3) is 0 Å². The van der Waals surface area contributed by atoms with E-state index in [0.717, 1.165) is 16.1 Å². The van der Waals surface area contributed by atoms with Gasteiger partial charge in [0, 0.05) is 20.3 Å². The molecule has 0 aliphatic heterocycles. The Labute approximate surface area is 139 Å². The summed E-state index contributed by atoms with van der Waals surface area (Å²) in [5, 5.41) is 1.94.